The number of para-hydroxylation sites is 1. The monoisotopic (exact) mass is 447 g/mol. The van der Waals surface area contributed by atoms with E-state index in [2.05, 4.69) is 10.3 Å². The summed E-state index contributed by atoms with van der Waals surface area (Å²) in [5, 5.41) is 3.42. The van der Waals surface area contributed by atoms with Crippen LogP contribution in [0.3, 0.4) is 0 Å². The van der Waals surface area contributed by atoms with Crippen molar-refractivity contribution in [3.8, 4) is 5.69 Å². The lowest BCUT2D eigenvalue weighted by molar-refractivity contribution is -0.119. The lowest BCUT2D eigenvalue weighted by Gasteiger charge is -2.14. The summed E-state index contributed by atoms with van der Waals surface area (Å²) >= 11 is 1.06. The van der Waals surface area contributed by atoms with Crippen molar-refractivity contribution in [2.75, 3.05) is 17.3 Å². The zero-order chi connectivity index (χ0) is 21.3. The third kappa shape index (κ3) is 4.39. The van der Waals surface area contributed by atoms with Crippen LogP contribution in [0.15, 0.2) is 58.5 Å². The van der Waals surface area contributed by atoms with E-state index in [9.17, 15) is 22.4 Å². The Labute approximate surface area is 176 Å². The number of hydrogen-bond donors (Lipinski definition) is 1. The van der Waals surface area contributed by atoms with Crippen LogP contribution in [0.1, 0.15) is 6.42 Å². The number of sulfone groups is 1. The normalized spacial score (nSPS) is 17.8. The van der Waals surface area contributed by atoms with E-state index < -0.39 is 21.7 Å². The smallest absolute Gasteiger partial charge is 0.266 e. The number of thioether (sulfide) groups is 1. The van der Waals surface area contributed by atoms with Crippen LogP contribution in [0, 0.1) is 5.82 Å². The second kappa shape index (κ2) is 8.19. The molecule has 0 radical (unpaired) electrons. The summed E-state index contributed by atoms with van der Waals surface area (Å²) in [6.07, 6.45) is 0.396. The Kier molecular flexibility index (Phi) is 5.61. The molecule has 1 aliphatic heterocycles. The number of nitrogens with zero attached hydrogens (tertiary/aromatic N) is 2. The molecule has 0 spiro atoms. The second-order valence-electron chi connectivity index (χ2n) is 6.98. The fourth-order valence-corrected chi connectivity index (χ4v) is 5.83. The molecule has 10 heteroatoms. The highest BCUT2D eigenvalue weighted by atomic mass is 32.2. The highest BCUT2D eigenvalue weighted by Gasteiger charge is 2.29. The molecule has 0 saturated carbocycles. The highest BCUT2D eigenvalue weighted by Crippen LogP contribution is 2.22. The van der Waals surface area contributed by atoms with Gasteiger partial charge in [-0.3, -0.25) is 14.2 Å². The van der Waals surface area contributed by atoms with Crippen LogP contribution in [0.4, 0.5) is 4.39 Å². The first-order valence-corrected chi connectivity index (χ1v) is 12.0. The average molecular weight is 448 g/mol. The van der Waals surface area contributed by atoms with Crippen molar-refractivity contribution in [1.29, 1.82) is 0 Å². The molecule has 1 N–H and O–H groups in total. The molecule has 1 fully saturated rings. The van der Waals surface area contributed by atoms with Gasteiger partial charge in [0.15, 0.2) is 15.0 Å². The third-order valence-corrected chi connectivity index (χ3v) is 7.47. The molecule has 2 heterocycles. The lowest BCUT2D eigenvalue weighted by Crippen LogP contribution is -2.36. The Balaban J connectivity index is 1.62. The maximum absolute atomic E-state index is 13.4. The molecule has 30 heavy (non-hydrogen) atoms. The number of fused-ring (bicyclic) bond motifs is 1. The lowest BCUT2D eigenvalue weighted by atomic mass is 10.2. The van der Waals surface area contributed by atoms with Gasteiger partial charge < -0.3 is 5.32 Å². The van der Waals surface area contributed by atoms with Crippen LogP contribution in [-0.2, 0) is 14.6 Å². The molecule has 2 aromatic carbocycles. The van der Waals surface area contributed by atoms with Crippen molar-refractivity contribution in [2.24, 2.45) is 0 Å². The zero-order valence-electron chi connectivity index (χ0n) is 15.7. The molecule has 1 aliphatic rings. The van der Waals surface area contributed by atoms with Crippen molar-refractivity contribution < 1.29 is 17.6 Å². The molecule has 0 aliphatic carbocycles. The van der Waals surface area contributed by atoms with E-state index >= 15 is 0 Å². The minimum Gasteiger partial charge on any atom is -0.352 e. The maximum atomic E-state index is 13.4. The first-order chi connectivity index (χ1) is 14.3. The molecule has 4 rings (SSSR count). The van der Waals surface area contributed by atoms with Crippen LogP contribution >= 0.6 is 11.8 Å². The van der Waals surface area contributed by atoms with Crippen LogP contribution in [0.25, 0.3) is 16.6 Å². The third-order valence-electron chi connectivity index (χ3n) is 4.76. The first-order valence-electron chi connectivity index (χ1n) is 9.23. The number of aromatic nitrogens is 2. The van der Waals surface area contributed by atoms with Gasteiger partial charge in [-0.25, -0.2) is 17.8 Å². The largest absolute Gasteiger partial charge is 0.352 e. The minimum absolute atomic E-state index is 0.0392. The predicted octanol–water partition coefficient (Wildman–Crippen LogP) is 1.92. The molecule has 0 bridgehead atoms. The SMILES string of the molecule is O=C(CSc1nc2ccccc2c(=O)n1-c1ccc(F)cc1)N[C@@H]1CCS(=O)(=O)C1. The number of rotatable bonds is 5. The van der Waals surface area contributed by atoms with E-state index in [1.54, 1.807) is 24.3 Å². The van der Waals surface area contributed by atoms with Crippen molar-refractivity contribution in [2.45, 2.75) is 17.6 Å². The number of hydrogen-bond acceptors (Lipinski definition) is 6. The Morgan fingerprint density at radius 2 is 1.93 bits per heavy atom. The minimum atomic E-state index is -3.09. The molecule has 1 atom stereocenters. The summed E-state index contributed by atoms with van der Waals surface area (Å²) in [7, 11) is -3.09. The molecular weight excluding hydrogens is 429 g/mol. The molecule has 1 saturated heterocycles. The van der Waals surface area contributed by atoms with E-state index in [0.29, 0.717) is 28.2 Å². The molecule has 1 amide bonds. The van der Waals surface area contributed by atoms with E-state index in [1.807, 2.05) is 0 Å². The van der Waals surface area contributed by atoms with Gasteiger partial charge in [-0.15, -0.1) is 0 Å². The van der Waals surface area contributed by atoms with Gasteiger partial charge in [0.05, 0.1) is 33.8 Å². The quantitative estimate of drug-likeness (QED) is 0.474. The Morgan fingerprint density at radius 3 is 2.63 bits per heavy atom. The van der Waals surface area contributed by atoms with Gasteiger partial charge in [-0.2, -0.15) is 0 Å². The van der Waals surface area contributed by atoms with E-state index in [0.717, 1.165) is 11.8 Å². The Bertz CT molecular complexity index is 1270. The average Bonchev–Trinajstić information content (AvgIpc) is 3.05. The molecule has 3 aromatic rings. The first kappa shape index (κ1) is 20.5. The molecule has 7 nitrogen and oxygen atoms in total. The van der Waals surface area contributed by atoms with Crippen LogP contribution in [0.2, 0.25) is 0 Å². The highest BCUT2D eigenvalue weighted by molar-refractivity contribution is 7.99. The van der Waals surface area contributed by atoms with Gasteiger partial charge in [0.2, 0.25) is 5.91 Å². The summed E-state index contributed by atoms with van der Waals surface area (Å²) in [4.78, 5) is 29.9. The van der Waals surface area contributed by atoms with E-state index in [1.165, 1.54) is 28.8 Å². The topological polar surface area (TPSA) is 98.1 Å². The van der Waals surface area contributed by atoms with E-state index in [4.69, 9.17) is 0 Å². The van der Waals surface area contributed by atoms with Gasteiger partial charge in [0.25, 0.3) is 5.56 Å². The van der Waals surface area contributed by atoms with E-state index in [-0.39, 0.29) is 28.7 Å². The van der Waals surface area contributed by atoms with Crippen molar-refractivity contribution >= 4 is 38.4 Å². The Morgan fingerprint density at radius 1 is 1.20 bits per heavy atom. The summed E-state index contributed by atoms with van der Waals surface area (Å²) in [5.74, 6) is -0.794. The number of nitrogens with one attached hydrogen (secondary N) is 1. The molecule has 0 unspecified atom stereocenters. The van der Waals surface area contributed by atoms with Gasteiger partial charge in [0, 0.05) is 6.04 Å². The summed E-state index contributed by atoms with van der Waals surface area (Å²) in [5.41, 5.74) is 0.604. The molecule has 156 valence electrons. The van der Waals surface area contributed by atoms with Crippen molar-refractivity contribution in [3.05, 3.63) is 64.7 Å². The summed E-state index contributed by atoms with van der Waals surface area (Å²) < 4.78 is 37.8. The van der Waals surface area contributed by atoms with Crippen molar-refractivity contribution in [1.82, 2.24) is 14.9 Å². The Hall–Kier alpha value is -2.72. The van der Waals surface area contributed by atoms with Gasteiger partial charge in [-0.1, -0.05) is 23.9 Å². The second-order valence-corrected chi connectivity index (χ2v) is 10.2. The number of halogens is 1. The maximum Gasteiger partial charge on any atom is 0.266 e. The standard InChI is InChI=1S/C20H18FN3O4S2/c21-13-5-7-15(8-6-13)24-19(26)16-3-1-2-4-17(16)23-20(24)29-11-18(25)22-14-9-10-30(27,28)12-14/h1-8,14H,9-12H2,(H,22,25)/t14-/m1/s1. The number of amides is 1. The fraction of sp³-hybridized carbons (Fsp3) is 0.250. The number of carbonyl (C=O) groups is 1. The van der Waals surface area contributed by atoms with Crippen LogP contribution < -0.4 is 10.9 Å². The predicted molar refractivity (Wildman–Crippen MR) is 113 cm³/mol. The van der Waals surface area contributed by atoms with Crippen LogP contribution in [0.5, 0.6) is 0 Å². The van der Waals surface area contributed by atoms with Gasteiger partial charge in [-0.05, 0) is 42.8 Å². The molecule has 1 aromatic heterocycles. The number of carbonyl (C=O) groups excluding carboxylic acids is 1. The zero-order valence-corrected chi connectivity index (χ0v) is 17.4. The summed E-state index contributed by atoms with van der Waals surface area (Å²) in [6, 6.07) is 11.9. The van der Waals surface area contributed by atoms with Gasteiger partial charge in [0.1, 0.15) is 5.82 Å². The fourth-order valence-electron chi connectivity index (χ4n) is 3.34. The molecular formula is C20H18FN3O4S2. The van der Waals surface area contributed by atoms with Crippen LogP contribution in [-0.4, -0.2) is 47.2 Å². The number of benzene rings is 2. The summed E-state index contributed by atoms with van der Waals surface area (Å²) in [6.45, 7) is 0. The van der Waals surface area contributed by atoms with Crippen molar-refractivity contribution in [3.63, 3.8) is 0 Å². The van der Waals surface area contributed by atoms with Gasteiger partial charge >= 0.3 is 0 Å².